The Kier molecular flexibility index (Phi) is 4.65. The Hall–Kier alpha value is -0.730. The van der Waals surface area contributed by atoms with Crippen LogP contribution < -0.4 is 4.74 Å². The van der Waals surface area contributed by atoms with Crippen LogP contribution >= 0.6 is 11.6 Å². The third-order valence-corrected chi connectivity index (χ3v) is 1.85. The first kappa shape index (κ1) is 10.4. The highest BCUT2D eigenvalue weighted by Crippen LogP contribution is 2.12. The summed E-state index contributed by atoms with van der Waals surface area (Å²) in [6.07, 6.45) is 0.928. The maximum Gasteiger partial charge on any atom is 0.162 e. The van der Waals surface area contributed by atoms with Crippen molar-refractivity contribution >= 4 is 11.6 Å². The molecule has 0 bridgehead atoms. The van der Waals surface area contributed by atoms with E-state index < -0.39 is 0 Å². The molecule has 0 saturated heterocycles. The van der Waals surface area contributed by atoms with Crippen molar-refractivity contribution in [3.63, 3.8) is 0 Å². The van der Waals surface area contributed by atoms with Gasteiger partial charge in [-0.1, -0.05) is 23.7 Å². The van der Waals surface area contributed by atoms with Gasteiger partial charge in [-0.05, 0) is 24.1 Å². The normalized spacial score (nSPS) is 10.0. The summed E-state index contributed by atoms with van der Waals surface area (Å²) in [5.41, 5.74) is 1.24. The van der Waals surface area contributed by atoms with Crippen LogP contribution in [0.4, 0.5) is 0 Å². The minimum Gasteiger partial charge on any atom is -0.478 e. The first-order valence-corrected chi connectivity index (χ1v) is 4.67. The second-order valence-electron chi connectivity index (χ2n) is 2.64. The Bertz CT molecular complexity index is 233. The summed E-state index contributed by atoms with van der Waals surface area (Å²) in [7, 11) is 1.70. The first-order chi connectivity index (χ1) is 6.36. The van der Waals surface area contributed by atoms with Gasteiger partial charge in [-0.25, -0.2) is 0 Å². The number of hydrogen-bond donors (Lipinski definition) is 0. The third-order valence-electron chi connectivity index (χ3n) is 1.74. The Balaban J connectivity index is 2.48. The van der Waals surface area contributed by atoms with Gasteiger partial charge in [0, 0.05) is 7.11 Å². The zero-order valence-corrected chi connectivity index (χ0v) is 8.38. The summed E-state index contributed by atoms with van der Waals surface area (Å²) in [4.78, 5) is 0. The van der Waals surface area contributed by atoms with Gasteiger partial charge in [0.2, 0.25) is 0 Å². The van der Waals surface area contributed by atoms with Crippen LogP contribution in [-0.2, 0) is 11.2 Å². The average Bonchev–Trinajstić information content (AvgIpc) is 2.17. The highest BCUT2D eigenvalue weighted by Gasteiger charge is 1.94. The van der Waals surface area contributed by atoms with Crippen LogP contribution in [0.1, 0.15) is 5.56 Å². The van der Waals surface area contributed by atoms with Crippen LogP contribution in [0.15, 0.2) is 24.3 Å². The molecule has 2 nitrogen and oxygen atoms in total. The van der Waals surface area contributed by atoms with Crippen LogP contribution in [0.3, 0.4) is 0 Å². The van der Waals surface area contributed by atoms with Crippen LogP contribution in [0.25, 0.3) is 0 Å². The van der Waals surface area contributed by atoms with Crippen molar-refractivity contribution in [2.24, 2.45) is 0 Å². The summed E-state index contributed by atoms with van der Waals surface area (Å²) < 4.78 is 10.1. The first-order valence-electron chi connectivity index (χ1n) is 4.13. The number of rotatable bonds is 5. The number of halogens is 1. The van der Waals surface area contributed by atoms with Crippen molar-refractivity contribution in [2.75, 3.05) is 19.8 Å². The molecule has 0 aliphatic rings. The molecule has 1 aromatic rings. The van der Waals surface area contributed by atoms with E-state index in [9.17, 15) is 0 Å². The van der Waals surface area contributed by atoms with Gasteiger partial charge in [0.05, 0.1) is 6.61 Å². The molecule has 3 heteroatoms. The summed E-state index contributed by atoms with van der Waals surface area (Å²) in [6.45, 7) is 0.746. The van der Waals surface area contributed by atoms with E-state index in [-0.39, 0.29) is 6.07 Å². The molecule has 0 unspecified atom stereocenters. The fourth-order valence-corrected chi connectivity index (χ4v) is 1.16. The molecule has 0 aliphatic carbocycles. The maximum atomic E-state index is 5.42. The summed E-state index contributed by atoms with van der Waals surface area (Å²) >= 11 is 5.42. The molecule has 1 aromatic carbocycles. The Labute approximate surface area is 83.4 Å². The molecule has 0 amide bonds. The van der Waals surface area contributed by atoms with Crippen LogP contribution in [-0.4, -0.2) is 19.8 Å². The predicted octanol–water partition coefficient (Wildman–Crippen LogP) is 2.45. The molecule has 0 atom stereocenters. The number of methoxy groups -OCH3 is 1. The molecule has 0 radical (unpaired) electrons. The molecular formula is C10H13ClO2. The smallest absolute Gasteiger partial charge is 0.162 e. The lowest BCUT2D eigenvalue weighted by Gasteiger charge is -2.03. The molecule has 0 spiro atoms. The highest BCUT2D eigenvalue weighted by atomic mass is 35.5. The molecule has 0 aromatic heterocycles. The molecule has 0 heterocycles. The van der Waals surface area contributed by atoms with Crippen molar-refractivity contribution in [3.05, 3.63) is 29.8 Å². The zero-order valence-electron chi connectivity index (χ0n) is 7.63. The summed E-state index contributed by atoms with van der Waals surface area (Å²) in [5.74, 6) is 0.802. The summed E-state index contributed by atoms with van der Waals surface area (Å²) in [6, 6.07) is 8.04. The number of alkyl halides is 1. The zero-order chi connectivity index (χ0) is 9.52. The van der Waals surface area contributed by atoms with E-state index in [1.165, 1.54) is 5.56 Å². The van der Waals surface area contributed by atoms with Crippen molar-refractivity contribution in [1.82, 2.24) is 0 Å². The molecule has 0 saturated carbocycles. The van der Waals surface area contributed by atoms with E-state index >= 15 is 0 Å². The van der Waals surface area contributed by atoms with E-state index in [1.807, 2.05) is 24.3 Å². The minimum atomic E-state index is 0.192. The predicted molar refractivity (Wildman–Crippen MR) is 53.4 cm³/mol. The molecule has 0 aliphatic heterocycles. The van der Waals surface area contributed by atoms with Gasteiger partial charge in [0.15, 0.2) is 6.07 Å². The van der Waals surface area contributed by atoms with Gasteiger partial charge in [-0.15, -0.1) is 0 Å². The fourth-order valence-electron chi connectivity index (χ4n) is 1.04. The SMILES string of the molecule is COCCc1ccc(OCCl)cc1. The van der Waals surface area contributed by atoms with Gasteiger partial charge >= 0.3 is 0 Å². The minimum absolute atomic E-state index is 0.192. The highest BCUT2D eigenvalue weighted by molar-refractivity contribution is 6.17. The fraction of sp³-hybridized carbons (Fsp3) is 0.400. The van der Waals surface area contributed by atoms with Gasteiger partial charge < -0.3 is 9.47 Å². The monoisotopic (exact) mass is 200 g/mol. The van der Waals surface area contributed by atoms with E-state index in [4.69, 9.17) is 21.1 Å². The van der Waals surface area contributed by atoms with E-state index in [0.29, 0.717) is 0 Å². The topological polar surface area (TPSA) is 18.5 Å². The standard InChI is InChI=1S/C10H13ClO2/c1-12-7-6-9-2-4-10(5-3-9)13-8-11/h2-5H,6-8H2,1H3. The Morgan fingerprint density at radius 2 is 1.92 bits per heavy atom. The molecule has 0 fully saturated rings. The van der Waals surface area contributed by atoms with Crippen LogP contribution in [0.2, 0.25) is 0 Å². The average molecular weight is 201 g/mol. The quantitative estimate of drug-likeness (QED) is 0.680. The Morgan fingerprint density at radius 3 is 2.46 bits per heavy atom. The lowest BCUT2D eigenvalue weighted by atomic mass is 10.1. The van der Waals surface area contributed by atoms with Crippen molar-refractivity contribution < 1.29 is 9.47 Å². The third kappa shape index (κ3) is 3.66. The number of ether oxygens (including phenoxy) is 2. The van der Waals surface area contributed by atoms with E-state index in [1.54, 1.807) is 7.11 Å². The number of benzene rings is 1. The molecule has 1 rings (SSSR count). The van der Waals surface area contributed by atoms with Crippen LogP contribution in [0.5, 0.6) is 5.75 Å². The van der Waals surface area contributed by atoms with Gasteiger partial charge in [0.1, 0.15) is 5.75 Å². The van der Waals surface area contributed by atoms with Crippen molar-refractivity contribution in [1.29, 1.82) is 0 Å². The molecule has 72 valence electrons. The second kappa shape index (κ2) is 5.84. The summed E-state index contributed by atoms with van der Waals surface area (Å²) in [5, 5.41) is 0. The molecule has 13 heavy (non-hydrogen) atoms. The van der Waals surface area contributed by atoms with Gasteiger partial charge in [-0.3, -0.25) is 0 Å². The number of hydrogen-bond acceptors (Lipinski definition) is 2. The molecule has 0 N–H and O–H groups in total. The Morgan fingerprint density at radius 1 is 1.23 bits per heavy atom. The van der Waals surface area contributed by atoms with Crippen molar-refractivity contribution in [2.45, 2.75) is 6.42 Å². The van der Waals surface area contributed by atoms with Crippen LogP contribution in [0, 0.1) is 0 Å². The second-order valence-corrected chi connectivity index (χ2v) is 2.86. The van der Waals surface area contributed by atoms with Gasteiger partial charge in [0.25, 0.3) is 0 Å². The maximum absolute atomic E-state index is 5.42. The van der Waals surface area contributed by atoms with E-state index in [0.717, 1.165) is 18.8 Å². The van der Waals surface area contributed by atoms with Crippen molar-refractivity contribution in [3.8, 4) is 5.75 Å². The molecular weight excluding hydrogens is 188 g/mol. The van der Waals surface area contributed by atoms with Gasteiger partial charge in [-0.2, -0.15) is 0 Å². The largest absolute Gasteiger partial charge is 0.478 e. The lowest BCUT2D eigenvalue weighted by Crippen LogP contribution is -1.94. The lowest BCUT2D eigenvalue weighted by molar-refractivity contribution is 0.202. The van der Waals surface area contributed by atoms with E-state index in [2.05, 4.69) is 0 Å².